The van der Waals surface area contributed by atoms with Gasteiger partial charge in [-0.05, 0) is 19.3 Å². The predicted molar refractivity (Wildman–Crippen MR) is 45.9 cm³/mol. The van der Waals surface area contributed by atoms with E-state index in [1.165, 1.54) is 0 Å². The minimum absolute atomic E-state index is 0.579. The summed E-state index contributed by atoms with van der Waals surface area (Å²) in [6.07, 6.45) is -6.19. The molecule has 2 saturated carbocycles. The number of fused-ring (bicyclic) bond motifs is 1. The lowest BCUT2D eigenvalue weighted by Crippen LogP contribution is -2.81. The van der Waals surface area contributed by atoms with Crippen LogP contribution in [0.1, 0.15) is 19.3 Å². The number of hydrogen-bond acceptors (Lipinski definition) is 0. The first-order valence-corrected chi connectivity index (χ1v) is 5.60. The summed E-state index contributed by atoms with van der Waals surface area (Å²) in [6, 6.07) is 0. The second-order valence-electron chi connectivity index (χ2n) is 5.07. The monoisotopic (exact) mass is 318 g/mol. The van der Waals surface area contributed by atoms with Gasteiger partial charge in [-0.3, -0.25) is 0 Å². The summed E-state index contributed by atoms with van der Waals surface area (Å²) in [7, 11) is 0. The smallest absolute Gasteiger partial charge is 0.244 e. The second kappa shape index (κ2) is 3.73. The average Bonchev–Trinajstić information content (AvgIpc) is 2.30. The average molecular weight is 318 g/mol. The number of halogens is 10. The Bertz CT molecular complexity index is 416. The molecule has 0 saturated heterocycles. The van der Waals surface area contributed by atoms with Crippen LogP contribution >= 0.6 is 0 Å². The molecule has 118 valence electrons. The van der Waals surface area contributed by atoms with Crippen LogP contribution in [-0.2, 0) is 0 Å². The molecule has 0 aromatic carbocycles. The van der Waals surface area contributed by atoms with E-state index in [1.54, 1.807) is 0 Å². The summed E-state index contributed by atoms with van der Waals surface area (Å²) in [5, 5.41) is 0. The highest BCUT2D eigenvalue weighted by Crippen LogP contribution is 2.69. The molecular formula is C10H8F10. The number of hydrogen-bond donors (Lipinski definition) is 0. The van der Waals surface area contributed by atoms with Gasteiger partial charge in [0.15, 0.2) is 0 Å². The second-order valence-corrected chi connectivity index (χ2v) is 5.07. The first-order chi connectivity index (χ1) is 8.76. The van der Waals surface area contributed by atoms with Crippen molar-refractivity contribution in [1.29, 1.82) is 0 Å². The normalized spacial score (nSPS) is 44.7. The van der Waals surface area contributed by atoms with E-state index < -0.39 is 60.7 Å². The summed E-state index contributed by atoms with van der Waals surface area (Å²) in [5.41, 5.74) is -5.03. The van der Waals surface area contributed by atoms with Crippen LogP contribution in [0.4, 0.5) is 43.9 Å². The molecule has 0 N–H and O–H groups in total. The van der Waals surface area contributed by atoms with Gasteiger partial charge in [-0.25, -0.2) is 8.78 Å². The van der Waals surface area contributed by atoms with Crippen LogP contribution in [0.25, 0.3) is 0 Å². The van der Waals surface area contributed by atoms with Crippen LogP contribution in [0.2, 0.25) is 0 Å². The molecule has 0 bridgehead atoms. The topological polar surface area (TPSA) is 0 Å². The van der Waals surface area contributed by atoms with Crippen molar-refractivity contribution in [3.8, 4) is 0 Å². The molecule has 0 aromatic heterocycles. The van der Waals surface area contributed by atoms with E-state index in [0.717, 1.165) is 0 Å². The summed E-state index contributed by atoms with van der Waals surface area (Å²) >= 11 is 0. The Labute approximate surface area is 106 Å². The number of alkyl halides is 10. The quantitative estimate of drug-likeness (QED) is 0.581. The van der Waals surface area contributed by atoms with Crippen LogP contribution in [0.5, 0.6) is 0 Å². The fraction of sp³-hybridized carbons (Fsp3) is 1.00. The molecule has 0 heterocycles. The van der Waals surface area contributed by atoms with E-state index in [9.17, 15) is 43.9 Å². The van der Waals surface area contributed by atoms with Crippen molar-refractivity contribution in [3.63, 3.8) is 0 Å². The zero-order valence-corrected chi connectivity index (χ0v) is 9.56. The fourth-order valence-corrected chi connectivity index (χ4v) is 2.87. The van der Waals surface area contributed by atoms with Crippen molar-refractivity contribution in [2.45, 2.75) is 54.8 Å². The van der Waals surface area contributed by atoms with E-state index in [-0.39, 0.29) is 0 Å². The Balaban J connectivity index is 2.72. The van der Waals surface area contributed by atoms with Gasteiger partial charge in [0, 0.05) is 0 Å². The SMILES string of the molecule is FC1CCCC2C(F)(F)C(F)(F)C(F)(F)C(F)(F)C12F. The Hall–Kier alpha value is -0.700. The van der Waals surface area contributed by atoms with Gasteiger partial charge in [-0.2, -0.15) is 35.1 Å². The van der Waals surface area contributed by atoms with Crippen molar-refractivity contribution in [2.75, 3.05) is 0 Å². The molecule has 20 heavy (non-hydrogen) atoms. The summed E-state index contributed by atoms with van der Waals surface area (Å²) in [4.78, 5) is 0. The minimum Gasteiger partial charge on any atom is -0.244 e. The van der Waals surface area contributed by atoms with Gasteiger partial charge in [0.05, 0.1) is 5.92 Å². The summed E-state index contributed by atoms with van der Waals surface area (Å²) in [5.74, 6) is -28.7. The van der Waals surface area contributed by atoms with Gasteiger partial charge in [-0.1, -0.05) is 0 Å². The molecule has 0 spiro atoms. The van der Waals surface area contributed by atoms with Gasteiger partial charge in [0.2, 0.25) is 5.67 Å². The molecule has 3 atom stereocenters. The Morgan fingerprint density at radius 3 is 1.65 bits per heavy atom. The highest BCUT2D eigenvalue weighted by atomic mass is 19.4. The molecule has 2 fully saturated rings. The zero-order valence-electron chi connectivity index (χ0n) is 9.56. The van der Waals surface area contributed by atoms with Gasteiger partial charge in [0.25, 0.3) is 0 Å². The highest BCUT2D eigenvalue weighted by molar-refractivity contribution is 5.25. The molecule has 0 aromatic rings. The Kier molecular flexibility index (Phi) is 2.93. The summed E-state index contributed by atoms with van der Waals surface area (Å²) < 4.78 is 133. The molecule has 0 nitrogen and oxygen atoms in total. The predicted octanol–water partition coefficient (Wildman–Crippen LogP) is 4.39. The van der Waals surface area contributed by atoms with Crippen LogP contribution in [0.15, 0.2) is 0 Å². The Morgan fingerprint density at radius 2 is 1.15 bits per heavy atom. The van der Waals surface area contributed by atoms with Crippen molar-refractivity contribution < 1.29 is 43.9 Å². The lowest BCUT2D eigenvalue weighted by Gasteiger charge is -2.55. The van der Waals surface area contributed by atoms with Gasteiger partial charge >= 0.3 is 23.7 Å². The van der Waals surface area contributed by atoms with E-state index in [0.29, 0.717) is 0 Å². The van der Waals surface area contributed by atoms with Crippen LogP contribution in [0, 0.1) is 5.92 Å². The van der Waals surface area contributed by atoms with E-state index in [4.69, 9.17) is 0 Å². The minimum atomic E-state index is -6.70. The van der Waals surface area contributed by atoms with Crippen LogP contribution in [0.3, 0.4) is 0 Å². The van der Waals surface area contributed by atoms with E-state index >= 15 is 0 Å². The Morgan fingerprint density at radius 1 is 0.650 bits per heavy atom. The third kappa shape index (κ3) is 1.31. The molecule has 0 amide bonds. The van der Waals surface area contributed by atoms with Gasteiger partial charge in [-0.15, -0.1) is 0 Å². The van der Waals surface area contributed by atoms with E-state index in [1.807, 2.05) is 0 Å². The third-order valence-electron chi connectivity index (χ3n) is 4.04. The maximum atomic E-state index is 14.1. The molecule has 2 aliphatic carbocycles. The molecule has 0 radical (unpaired) electrons. The van der Waals surface area contributed by atoms with Crippen LogP contribution in [-0.4, -0.2) is 35.5 Å². The lowest BCUT2D eigenvalue weighted by atomic mass is 9.61. The van der Waals surface area contributed by atoms with Gasteiger partial charge in [0.1, 0.15) is 6.17 Å². The van der Waals surface area contributed by atoms with Gasteiger partial charge < -0.3 is 0 Å². The first-order valence-electron chi connectivity index (χ1n) is 5.60. The number of rotatable bonds is 0. The van der Waals surface area contributed by atoms with Crippen molar-refractivity contribution in [2.24, 2.45) is 5.92 Å². The zero-order chi connectivity index (χ0) is 15.8. The summed E-state index contributed by atoms with van der Waals surface area (Å²) in [6.45, 7) is 0. The molecule has 2 rings (SSSR count). The maximum absolute atomic E-state index is 14.1. The standard InChI is InChI=1S/C10H8F10/c11-5-3-1-2-4-6(5,12)8(15,16)10(19,20)9(17,18)7(4,13)14/h4-5H,1-3H2. The van der Waals surface area contributed by atoms with E-state index in [2.05, 4.69) is 0 Å². The first kappa shape index (κ1) is 15.7. The lowest BCUT2D eigenvalue weighted by molar-refractivity contribution is -0.453. The largest absolute Gasteiger partial charge is 0.381 e. The highest BCUT2D eigenvalue weighted by Gasteiger charge is 2.95. The van der Waals surface area contributed by atoms with Crippen molar-refractivity contribution >= 4 is 0 Å². The van der Waals surface area contributed by atoms with Crippen molar-refractivity contribution in [3.05, 3.63) is 0 Å². The fourth-order valence-electron chi connectivity index (χ4n) is 2.87. The molecular weight excluding hydrogens is 310 g/mol. The molecule has 2 aliphatic rings. The molecule has 3 unspecified atom stereocenters. The third-order valence-corrected chi connectivity index (χ3v) is 4.04. The maximum Gasteiger partial charge on any atom is 0.381 e. The molecule has 0 aliphatic heterocycles. The van der Waals surface area contributed by atoms with Crippen LogP contribution < -0.4 is 0 Å². The molecule has 10 heteroatoms. The van der Waals surface area contributed by atoms with Crippen molar-refractivity contribution in [1.82, 2.24) is 0 Å².